The first-order chi connectivity index (χ1) is 8.26. The maximum absolute atomic E-state index is 5.64. The molecule has 1 aromatic rings. The Morgan fingerprint density at radius 1 is 1.35 bits per heavy atom. The third kappa shape index (κ3) is 5.55. The van der Waals surface area contributed by atoms with Gasteiger partial charge >= 0.3 is 0 Å². The van der Waals surface area contributed by atoms with Gasteiger partial charge in [0.05, 0.1) is 0 Å². The minimum absolute atomic E-state index is 0.770. The van der Waals surface area contributed by atoms with Gasteiger partial charge in [-0.15, -0.1) is 6.58 Å². The van der Waals surface area contributed by atoms with Crippen molar-refractivity contribution < 1.29 is 0 Å². The van der Waals surface area contributed by atoms with Crippen LogP contribution < -0.4 is 11.1 Å². The molecule has 0 saturated carbocycles. The zero-order valence-electron chi connectivity index (χ0n) is 10.8. The fourth-order valence-corrected chi connectivity index (χ4v) is 1.90. The molecule has 0 aliphatic rings. The van der Waals surface area contributed by atoms with Gasteiger partial charge in [0.1, 0.15) is 0 Å². The Labute approximate surface area is 105 Å². The Kier molecular flexibility index (Phi) is 6.41. The molecule has 1 rings (SSSR count). The average molecular weight is 232 g/mol. The van der Waals surface area contributed by atoms with Crippen molar-refractivity contribution in [3.8, 4) is 0 Å². The Bertz CT molecular complexity index is 316. The van der Waals surface area contributed by atoms with Crippen molar-refractivity contribution in [3.63, 3.8) is 0 Å². The molecule has 0 aromatic heterocycles. The Morgan fingerprint density at radius 2 is 2.06 bits per heavy atom. The van der Waals surface area contributed by atoms with Crippen LogP contribution in [0.2, 0.25) is 0 Å². The molecular formula is C15H24N2. The highest BCUT2D eigenvalue weighted by molar-refractivity contribution is 5.39. The van der Waals surface area contributed by atoms with Crippen molar-refractivity contribution in [2.24, 2.45) is 5.92 Å². The second kappa shape index (κ2) is 7.91. The van der Waals surface area contributed by atoms with Crippen molar-refractivity contribution in [1.82, 2.24) is 5.32 Å². The molecule has 1 unspecified atom stereocenters. The van der Waals surface area contributed by atoms with Crippen LogP contribution in [0.25, 0.3) is 0 Å². The van der Waals surface area contributed by atoms with E-state index in [4.69, 9.17) is 5.73 Å². The smallest absolute Gasteiger partial charge is 0.0314 e. The maximum atomic E-state index is 5.64. The first-order valence-corrected chi connectivity index (χ1v) is 6.42. The van der Waals surface area contributed by atoms with E-state index in [1.54, 1.807) is 0 Å². The molecule has 0 spiro atoms. The van der Waals surface area contributed by atoms with Crippen LogP contribution >= 0.6 is 0 Å². The zero-order chi connectivity index (χ0) is 12.5. The van der Waals surface area contributed by atoms with Gasteiger partial charge < -0.3 is 11.1 Å². The van der Waals surface area contributed by atoms with Gasteiger partial charge in [0.25, 0.3) is 0 Å². The molecule has 0 aliphatic heterocycles. The molecule has 1 aromatic carbocycles. The van der Waals surface area contributed by atoms with Crippen molar-refractivity contribution in [2.45, 2.75) is 32.7 Å². The number of nitrogen functional groups attached to an aromatic ring is 1. The predicted octanol–water partition coefficient (Wildman–Crippen LogP) is 3.35. The molecule has 0 heterocycles. The lowest BCUT2D eigenvalue weighted by Crippen LogP contribution is -2.17. The summed E-state index contributed by atoms with van der Waals surface area (Å²) in [6, 6.07) is 8.04. The number of anilines is 1. The van der Waals surface area contributed by atoms with Crippen LogP contribution in [0.5, 0.6) is 0 Å². The van der Waals surface area contributed by atoms with Gasteiger partial charge in [0.15, 0.2) is 0 Å². The molecule has 94 valence electrons. The molecule has 3 N–H and O–H groups in total. The maximum Gasteiger partial charge on any atom is 0.0314 e. The fourth-order valence-electron chi connectivity index (χ4n) is 1.90. The monoisotopic (exact) mass is 232 g/mol. The fraction of sp³-hybridized carbons (Fsp3) is 0.467. The van der Waals surface area contributed by atoms with Crippen LogP contribution in [-0.2, 0) is 6.54 Å². The number of benzene rings is 1. The van der Waals surface area contributed by atoms with Gasteiger partial charge in [-0.05, 0) is 43.0 Å². The molecule has 17 heavy (non-hydrogen) atoms. The molecule has 0 fully saturated rings. The van der Waals surface area contributed by atoms with E-state index in [-0.39, 0.29) is 0 Å². The van der Waals surface area contributed by atoms with E-state index in [2.05, 4.69) is 31.0 Å². The third-order valence-corrected chi connectivity index (χ3v) is 3.12. The summed E-state index contributed by atoms with van der Waals surface area (Å²) in [4.78, 5) is 0. The lowest BCUT2D eigenvalue weighted by molar-refractivity contribution is 0.456. The lowest BCUT2D eigenvalue weighted by Gasteiger charge is -2.12. The highest BCUT2D eigenvalue weighted by Crippen LogP contribution is 2.12. The number of nitrogens with one attached hydrogen (secondary N) is 1. The van der Waals surface area contributed by atoms with Crippen molar-refractivity contribution in [1.29, 1.82) is 0 Å². The first kappa shape index (κ1) is 13.8. The second-order valence-corrected chi connectivity index (χ2v) is 4.51. The summed E-state index contributed by atoms with van der Waals surface area (Å²) in [7, 11) is 0. The summed E-state index contributed by atoms with van der Waals surface area (Å²) < 4.78 is 0. The zero-order valence-corrected chi connectivity index (χ0v) is 10.8. The normalized spacial score (nSPS) is 12.3. The molecule has 1 atom stereocenters. The van der Waals surface area contributed by atoms with Gasteiger partial charge in [0.2, 0.25) is 0 Å². The number of allylic oxidation sites excluding steroid dienone is 1. The van der Waals surface area contributed by atoms with E-state index < -0.39 is 0 Å². The molecule has 0 radical (unpaired) electrons. The molecule has 0 bridgehead atoms. The Hall–Kier alpha value is -1.28. The van der Waals surface area contributed by atoms with Crippen LogP contribution in [0, 0.1) is 5.92 Å². The Balaban J connectivity index is 2.19. The quantitative estimate of drug-likeness (QED) is 0.410. The number of hydrogen-bond donors (Lipinski definition) is 2. The summed E-state index contributed by atoms with van der Waals surface area (Å²) in [6.45, 7) is 8.03. The summed E-state index contributed by atoms with van der Waals surface area (Å²) in [5, 5.41) is 3.47. The summed E-state index contributed by atoms with van der Waals surface area (Å²) in [5.74, 6) is 0.770. The van der Waals surface area contributed by atoms with Gasteiger partial charge in [-0.3, -0.25) is 0 Å². The van der Waals surface area contributed by atoms with E-state index in [1.165, 1.54) is 18.4 Å². The van der Waals surface area contributed by atoms with Gasteiger partial charge in [-0.2, -0.15) is 0 Å². The van der Waals surface area contributed by atoms with Crippen LogP contribution in [0.15, 0.2) is 36.9 Å². The van der Waals surface area contributed by atoms with E-state index in [0.717, 1.165) is 31.1 Å². The topological polar surface area (TPSA) is 38.0 Å². The minimum Gasteiger partial charge on any atom is -0.399 e. The van der Waals surface area contributed by atoms with Crippen molar-refractivity contribution >= 4 is 5.69 Å². The predicted molar refractivity (Wildman–Crippen MR) is 75.8 cm³/mol. The second-order valence-electron chi connectivity index (χ2n) is 4.51. The van der Waals surface area contributed by atoms with Gasteiger partial charge in [0, 0.05) is 12.2 Å². The van der Waals surface area contributed by atoms with Crippen molar-refractivity contribution in [3.05, 3.63) is 42.5 Å². The summed E-state index contributed by atoms with van der Waals surface area (Å²) >= 11 is 0. The van der Waals surface area contributed by atoms with E-state index >= 15 is 0 Å². The lowest BCUT2D eigenvalue weighted by atomic mass is 9.98. The van der Waals surface area contributed by atoms with E-state index in [9.17, 15) is 0 Å². The SMILES string of the molecule is C=CCC(CC)CCNCc1ccc(N)cc1. The number of hydrogen-bond acceptors (Lipinski definition) is 2. The van der Waals surface area contributed by atoms with Crippen molar-refractivity contribution in [2.75, 3.05) is 12.3 Å². The highest BCUT2D eigenvalue weighted by atomic mass is 14.8. The van der Waals surface area contributed by atoms with Gasteiger partial charge in [-0.1, -0.05) is 31.6 Å². The Morgan fingerprint density at radius 3 is 2.65 bits per heavy atom. The van der Waals surface area contributed by atoms with Crippen LogP contribution in [-0.4, -0.2) is 6.54 Å². The third-order valence-electron chi connectivity index (χ3n) is 3.12. The van der Waals surface area contributed by atoms with Crippen LogP contribution in [0.3, 0.4) is 0 Å². The highest BCUT2D eigenvalue weighted by Gasteiger charge is 2.03. The van der Waals surface area contributed by atoms with Crippen LogP contribution in [0.4, 0.5) is 5.69 Å². The molecule has 0 saturated heterocycles. The number of rotatable bonds is 8. The molecule has 2 nitrogen and oxygen atoms in total. The van der Waals surface area contributed by atoms with E-state index in [1.807, 2.05) is 18.2 Å². The average Bonchev–Trinajstić information content (AvgIpc) is 2.35. The number of nitrogens with two attached hydrogens (primary N) is 1. The van der Waals surface area contributed by atoms with E-state index in [0.29, 0.717) is 0 Å². The largest absolute Gasteiger partial charge is 0.399 e. The first-order valence-electron chi connectivity index (χ1n) is 6.42. The van der Waals surface area contributed by atoms with Gasteiger partial charge in [-0.25, -0.2) is 0 Å². The standard InChI is InChI=1S/C15H24N2/c1-3-5-13(4-2)10-11-17-12-14-6-8-15(16)9-7-14/h3,6-9,13,17H,1,4-5,10-12,16H2,2H3. The molecule has 0 amide bonds. The molecule has 0 aliphatic carbocycles. The minimum atomic E-state index is 0.770. The summed E-state index contributed by atoms with van der Waals surface area (Å²) in [5.41, 5.74) is 7.76. The molecule has 2 heteroatoms. The molecular weight excluding hydrogens is 208 g/mol. The summed E-state index contributed by atoms with van der Waals surface area (Å²) in [6.07, 6.45) is 5.60. The van der Waals surface area contributed by atoms with Crippen LogP contribution in [0.1, 0.15) is 31.7 Å².